The molecule has 0 fully saturated rings. The first-order valence-electron chi connectivity index (χ1n) is 29.6. The van der Waals surface area contributed by atoms with Gasteiger partial charge in [0.1, 0.15) is 13.2 Å². The Balaban J connectivity index is 4.50. The maximum Gasteiger partial charge on any atom is 0.306 e. The van der Waals surface area contributed by atoms with Gasteiger partial charge in [0.25, 0.3) is 0 Å². The molecule has 0 aromatic heterocycles. The molecule has 0 saturated heterocycles. The van der Waals surface area contributed by atoms with E-state index in [0.717, 1.165) is 135 Å². The second-order valence-corrected chi connectivity index (χ2v) is 19.3. The first-order valence-corrected chi connectivity index (χ1v) is 29.6. The van der Waals surface area contributed by atoms with E-state index in [-0.39, 0.29) is 31.1 Å². The Morgan fingerprint density at radius 2 is 0.597 bits per heavy atom. The van der Waals surface area contributed by atoms with E-state index in [1.807, 2.05) is 0 Å². The average molecular weight is 998 g/mol. The van der Waals surface area contributed by atoms with Crippen LogP contribution in [0.15, 0.2) is 122 Å². The minimum absolute atomic E-state index is 0.0996. The largest absolute Gasteiger partial charge is 0.462 e. The standard InChI is InChI=1S/C66H108O6/c1-4-7-10-13-16-19-22-25-28-31-33-36-38-41-44-47-50-53-56-59-65(68)71-62-63(61-70-64(67)58-55-52-49-46-43-40-37-34-30-27-24-21-18-15-12-9-6-3)72-66(69)60-57-54-51-48-45-42-39-35-32-29-26-23-20-17-14-11-8-5-2/h7,10,16-21,23,25-30,32-33,35-36,39,63H,4-6,8-9,11-15,22,24,31,34,37-38,40-62H2,1-3H3/b10-7-,19-16-,20-17-,21-18-,26-23-,28-25-,30-27-,32-29-,36-33-,39-35-. The van der Waals surface area contributed by atoms with Gasteiger partial charge < -0.3 is 14.2 Å². The lowest BCUT2D eigenvalue weighted by Crippen LogP contribution is -2.30. The molecule has 0 spiro atoms. The number of rotatable bonds is 52. The summed E-state index contributed by atoms with van der Waals surface area (Å²) in [6, 6.07) is 0. The summed E-state index contributed by atoms with van der Waals surface area (Å²) in [7, 11) is 0. The van der Waals surface area contributed by atoms with E-state index in [1.165, 1.54) is 83.5 Å². The molecule has 0 rings (SSSR count). The van der Waals surface area contributed by atoms with Crippen LogP contribution >= 0.6 is 0 Å². The molecule has 0 aliphatic carbocycles. The van der Waals surface area contributed by atoms with Crippen molar-refractivity contribution < 1.29 is 28.6 Å². The zero-order valence-corrected chi connectivity index (χ0v) is 46.7. The second kappa shape index (κ2) is 59.4. The van der Waals surface area contributed by atoms with Crippen LogP contribution in [0, 0.1) is 0 Å². The van der Waals surface area contributed by atoms with Crippen LogP contribution < -0.4 is 0 Å². The second-order valence-electron chi connectivity index (χ2n) is 19.3. The molecule has 1 atom stereocenters. The van der Waals surface area contributed by atoms with Crippen LogP contribution in [0.2, 0.25) is 0 Å². The molecular weight excluding hydrogens is 889 g/mol. The van der Waals surface area contributed by atoms with Crippen molar-refractivity contribution in [2.45, 2.75) is 264 Å². The van der Waals surface area contributed by atoms with E-state index in [2.05, 4.69) is 142 Å². The summed E-state index contributed by atoms with van der Waals surface area (Å²) >= 11 is 0. The van der Waals surface area contributed by atoms with Gasteiger partial charge >= 0.3 is 17.9 Å². The first kappa shape index (κ1) is 67.8. The van der Waals surface area contributed by atoms with Gasteiger partial charge in [0, 0.05) is 19.3 Å². The van der Waals surface area contributed by atoms with Gasteiger partial charge in [0.05, 0.1) is 0 Å². The molecule has 0 aromatic carbocycles. The molecule has 0 N–H and O–H groups in total. The average Bonchev–Trinajstić information content (AvgIpc) is 3.38. The van der Waals surface area contributed by atoms with Crippen LogP contribution in [0.4, 0.5) is 0 Å². The van der Waals surface area contributed by atoms with Crippen LogP contribution in [-0.2, 0) is 28.6 Å². The number of hydrogen-bond acceptors (Lipinski definition) is 6. The summed E-state index contributed by atoms with van der Waals surface area (Å²) in [4.78, 5) is 38.2. The van der Waals surface area contributed by atoms with Gasteiger partial charge in [-0.1, -0.05) is 245 Å². The third-order valence-corrected chi connectivity index (χ3v) is 12.3. The summed E-state index contributed by atoms with van der Waals surface area (Å²) in [6.45, 7) is 6.43. The normalized spacial score (nSPS) is 13.0. The molecular formula is C66H108O6. The molecule has 6 nitrogen and oxygen atoms in total. The zero-order chi connectivity index (χ0) is 52.2. The van der Waals surface area contributed by atoms with Crippen molar-refractivity contribution in [1.82, 2.24) is 0 Å². The maximum absolute atomic E-state index is 12.9. The summed E-state index contributed by atoms with van der Waals surface area (Å²) in [5, 5.41) is 0. The molecule has 0 aliphatic rings. The highest BCUT2D eigenvalue weighted by Crippen LogP contribution is 2.14. The first-order chi connectivity index (χ1) is 35.5. The third-order valence-electron chi connectivity index (χ3n) is 12.3. The topological polar surface area (TPSA) is 78.9 Å². The van der Waals surface area contributed by atoms with Crippen molar-refractivity contribution >= 4 is 17.9 Å². The number of allylic oxidation sites excluding steroid dienone is 20. The van der Waals surface area contributed by atoms with E-state index in [1.54, 1.807) is 0 Å². The highest BCUT2D eigenvalue weighted by Gasteiger charge is 2.19. The number of carbonyl (C=O) groups excluding carboxylic acids is 3. The van der Waals surface area contributed by atoms with Gasteiger partial charge in [-0.15, -0.1) is 0 Å². The molecule has 6 heteroatoms. The molecule has 0 bridgehead atoms. The smallest absolute Gasteiger partial charge is 0.306 e. The molecule has 0 aromatic rings. The Morgan fingerprint density at radius 1 is 0.306 bits per heavy atom. The van der Waals surface area contributed by atoms with Gasteiger partial charge in [-0.2, -0.15) is 0 Å². The van der Waals surface area contributed by atoms with Crippen LogP contribution in [-0.4, -0.2) is 37.2 Å². The fourth-order valence-corrected chi connectivity index (χ4v) is 7.83. The molecule has 0 aliphatic heterocycles. The lowest BCUT2D eigenvalue weighted by atomic mass is 10.1. The van der Waals surface area contributed by atoms with Crippen molar-refractivity contribution in [3.63, 3.8) is 0 Å². The number of ether oxygens (including phenoxy) is 3. The molecule has 0 heterocycles. The van der Waals surface area contributed by atoms with Gasteiger partial charge in [-0.3, -0.25) is 14.4 Å². The highest BCUT2D eigenvalue weighted by molar-refractivity contribution is 5.71. The van der Waals surface area contributed by atoms with Crippen LogP contribution in [0.25, 0.3) is 0 Å². The van der Waals surface area contributed by atoms with Crippen LogP contribution in [0.1, 0.15) is 258 Å². The molecule has 408 valence electrons. The Hall–Kier alpha value is -4.19. The van der Waals surface area contributed by atoms with Gasteiger partial charge in [-0.25, -0.2) is 0 Å². The Kier molecular flexibility index (Phi) is 55.9. The van der Waals surface area contributed by atoms with Crippen molar-refractivity contribution in [3.8, 4) is 0 Å². The van der Waals surface area contributed by atoms with E-state index in [4.69, 9.17) is 14.2 Å². The lowest BCUT2D eigenvalue weighted by molar-refractivity contribution is -0.167. The molecule has 0 saturated carbocycles. The minimum Gasteiger partial charge on any atom is -0.462 e. The SMILES string of the molecule is CC/C=C\C/C=C\C/C=C\C/C=C\CCCCCCCCC(=O)OCC(COC(=O)CCCCCCCCC/C=C\C/C=C\CCCCC)OC(=O)CCCCCCC\C=C/C=C\C=C/C=C\CCCCC. The highest BCUT2D eigenvalue weighted by atomic mass is 16.6. The number of carbonyl (C=O) groups is 3. The van der Waals surface area contributed by atoms with E-state index < -0.39 is 6.10 Å². The van der Waals surface area contributed by atoms with E-state index >= 15 is 0 Å². The fourth-order valence-electron chi connectivity index (χ4n) is 7.83. The Bertz CT molecular complexity index is 1520. The molecule has 1 unspecified atom stereocenters. The predicted octanol–water partition coefficient (Wildman–Crippen LogP) is 20.0. The van der Waals surface area contributed by atoms with Crippen molar-refractivity contribution in [2.75, 3.05) is 13.2 Å². The number of hydrogen-bond donors (Lipinski definition) is 0. The van der Waals surface area contributed by atoms with E-state index in [0.29, 0.717) is 19.3 Å². The minimum atomic E-state index is -0.805. The fraction of sp³-hybridized carbons (Fsp3) is 0.652. The summed E-state index contributed by atoms with van der Waals surface area (Å²) in [5.74, 6) is -0.944. The van der Waals surface area contributed by atoms with E-state index in [9.17, 15) is 14.4 Å². The van der Waals surface area contributed by atoms with Crippen molar-refractivity contribution in [3.05, 3.63) is 122 Å². The Labute approximate surface area is 443 Å². The molecule has 0 amide bonds. The Morgan fingerprint density at radius 3 is 0.972 bits per heavy atom. The van der Waals surface area contributed by atoms with Crippen LogP contribution in [0.3, 0.4) is 0 Å². The summed E-state index contributed by atoms with van der Waals surface area (Å²) in [6.07, 6.45) is 81.7. The quantitative estimate of drug-likeness (QED) is 0.0199. The van der Waals surface area contributed by atoms with Gasteiger partial charge in [0.15, 0.2) is 6.10 Å². The van der Waals surface area contributed by atoms with Gasteiger partial charge in [0.2, 0.25) is 0 Å². The van der Waals surface area contributed by atoms with Crippen molar-refractivity contribution in [2.24, 2.45) is 0 Å². The summed E-state index contributed by atoms with van der Waals surface area (Å²) < 4.78 is 16.9. The molecule has 72 heavy (non-hydrogen) atoms. The lowest BCUT2D eigenvalue weighted by Gasteiger charge is -2.18. The maximum atomic E-state index is 12.9. The molecule has 0 radical (unpaired) electrons. The number of esters is 3. The predicted molar refractivity (Wildman–Crippen MR) is 311 cm³/mol. The third kappa shape index (κ3) is 56.7. The van der Waals surface area contributed by atoms with Crippen molar-refractivity contribution in [1.29, 1.82) is 0 Å². The number of unbranched alkanes of at least 4 members (excludes halogenated alkanes) is 24. The van der Waals surface area contributed by atoms with Gasteiger partial charge in [-0.05, 0) is 116 Å². The zero-order valence-electron chi connectivity index (χ0n) is 46.7. The summed E-state index contributed by atoms with van der Waals surface area (Å²) in [5.41, 5.74) is 0. The van der Waals surface area contributed by atoms with Crippen LogP contribution in [0.5, 0.6) is 0 Å². The monoisotopic (exact) mass is 997 g/mol.